The van der Waals surface area contributed by atoms with Crippen molar-refractivity contribution in [3.8, 4) is 0 Å². The van der Waals surface area contributed by atoms with Crippen LogP contribution in [0.3, 0.4) is 0 Å². The van der Waals surface area contributed by atoms with Gasteiger partial charge in [-0.1, -0.05) is 6.92 Å². The van der Waals surface area contributed by atoms with Crippen LogP contribution < -0.4 is 0 Å². The molecular weight excluding hydrogens is 164 g/mol. The zero-order chi connectivity index (χ0) is 8.48. The fourth-order valence-electron chi connectivity index (χ4n) is 1.49. The monoisotopic (exact) mass is 178 g/mol. The Morgan fingerprint density at radius 2 is 2.00 bits per heavy atom. The Bertz CT molecular complexity index is 220. The van der Waals surface area contributed by atoms with Crippen molar-refractivity contribution >= 4 is 10.1 Å². The van der Waals surface area contributed by atoms with Crippen molar-refractivity contribution in [3.05, 3.63) is 0 Å². The third-order valence-corrected chi connectivity index (χ3v) is 2.58. The molecule has 3 nitrogen and oxygen atoms in total. The molecule has 0 amide bonds. The summed E-state index contributed by atoms with van der Waals surface area (Å²) in [4.78, 5) is 0. The molecular formula is C7H14O3S. The van der Waals surface area contributed by atoms with Gasteiger partial charge in [0.2, 0.25) is 0 Å². The molecule has 1 aliphatic rings. The van der Waals surface area contributed by atoms with E-state index in [0.29, 0.717) is 5.92 Å². The molecule has 1 rings (SSSR count). The van der Waals surface area contributed by atoms with Gasteiger partial charge in [0.15, 0.2) is 0 Å². The molecule has 0 spiro atoms. The van der Waals surface area contributed by atoms with Crippen molar-refractivity contribution in [2.45, 2.75) is 32.3 Å². The SMILES string of the molecule is C[C@@H]1CC[C@@H](OS(C)(=O)=O)C1. The smallest absolute Gasteiger partial charge is 0.264 e. The number of hydrogen-bond donors (Lipinski definition) is 0. The number of rotatable bonds is 2. The first-order chi connectivity index (χ1) is 4.97. The topological polar surface area (TPSA) is 43.4 Å². The van der Waals surface area contributed by atoms with Crippen molar-refractivity contribution in [2.75, 3.05) is 6.26 Å². The first-order valence-electron chi connectivity index (χ1n) is 3.85. The van der Waals surface area contributed by atoms with Crippen molar-refractivity contribution in [3.63, 3.8) is 0 Å². The summed E-state index contributed by atoms with van der Waals surface area (Å²) in [5.41, 5.74) is 0. The molecule has 1 fully saturated rings. The van der Waals surface area contributed by atoms with E-state index < -0.39 is 10.1 Å². The maximum absolute atomic E-state index is 10.7. The Balaban J connectivity index is 2.41. The van der Waals surface area contributed by atoms with Crippen LogP contribution >= 0.6 is 0 Å². The quantitative estimate of drug-likeness (QED) is 0.596. The van der Waals surface area contributed by atoms with Gasteiger partial charge in [0.1, 0.15) is 0 Å². The van der Waals surface area contributed by atoms with Crippen LogP contribution in [0.4, 0.5) is 0 Å². The minimum absolute atomic E-state index is 0.0556. The molecule has 66 valence electrons. The van der Waals surface area contributed by atoms with Gasteiger partial charge in [0.25, 0.3) is 10.1 Å². The first kappa shape index (κ1) is 9.00. The lowest BCUT2D eigenvalue weighted by Gasteiger charge is -2.07. The second kappa shape index (κ2) is 3.11. The normalized spacial score (nSPS) is 32.5. The molecule has 11 heavy (non-hydrogen) atoms. The highest BCUT2D eigenvalue weighted by molar-refractivity contribution is 7.86. The Morgan fingerprint density at radius 3 is 2.36 bits per heavy atom. The minimum Gasteiger partial charge on any atom is -0.267 e. The fraction of sp³-hybridized carbons (Fsp3) is 1.00. The molecule has 0 bridgehead atoms. The molecule has 0 aromatic carbocycles. The van der Waals surface area contributed by atoms with Crippen LogP contribution in [0.2, 0.25) is 0 Å². The summed E-state index contributed by atoms with van der Waals surface area (Å²) in [5, 5.41) is 0. The fourth-order valence-corrected chi connectivity index (χ4v) is 2.16. The van der Waals surface area contributed by atoms with E-state index in [9.17, 15) is 8.42 Å². The largest absolute Gasteiger partial charge is 0.267 e. The molecule has 0 aromatic rings. The Labute approximate surface area is 67.9 Å². The van der Waals surface area contributed by atoms with Crippen LogP contribution in [0.15, 0.2) is 0 Å². The molecule has 4 heteroatoms. The highest BCUT2D eigenvalue weighted by atomic mass is 32.2. The molecule has 0 aromatic heterocycles. The summed E-state index contributed by atoms with van der Waals surface area (Å²) in [5.74, 6) is 0.613. The van der Waals surface area contributed by atoms with Gasteiger partial charge >= 0.3 is 0 Å². The third-order valence-electron chi connectivity index (χ3n) is 1.96. The average Bonchev–Trinajstić information content (AvgIpc) is 2.10. The van der Waals surface area contributed by atoms with Crippen molar-refractivity contribution < 1.29 is 12.6 Å². The lowest BCUT2D eigenvalue weighted by atomic mass is 10.1. The van der Waals surface area contributed by atoms with Crippen LogP contribution in [0.1, 0.15) is 26.2 Å². The van der Waals surface area contributed by atoms with E-state index in [-0.39, 0.29) is 6.10 Å². The maximum atomic E-state index is 10.7. The maximum Gasteiger partial charge on any atom is 0.264 e. The van der Waals surface area contributed by atoms with Gasteiger partial charge in [-0.2, -0.15) is 8.42 Å². The van der Waals surface area contributed by atoms with E-state index >= 15 is 0 Å². The van der Waals surface area contributed by atoms with Crippen LogP contribution in [-0.2, 0) is 14.3 Å². The van der Waals surface area contributed by atoms with Crippen molar-refractivity contribution in [1.82, 2.24) is 0 Å². The third kappa shape index (κ3) is 3.20. The predicted octanol–water partition coefficient (Wildman–Crippen LogP) is 1.15. The Morgan fingerprint density at radius 1 is 1.36 bits per heavy atom. The molecule has 1 saturated carbocycles. The van der Waals surface area contributed by atoms with E-state index in [0.717, 1.165) is 25.5 Å². The molecule has 0 radical (unpaired) electrons. The van der Waals surface area contributed by atoms with Gasteiger partial charge in [0.05, 0.1) is 12.4 Å². The lowest BCUT2D eigenvalue weighted by Crippen LogP contribution is -2.13. The highest BCUT2D eigenvalue weighted by Gasteiger charge is 2.24. The summed E-state index contributed by atoms with van der Waals surface area (Å²) in [6.45, 7) is 2.12. The van der Waals surface area contributed by atoms with Crippen LogP contribution in [0.5, 0.6) is 0 Å². The van der Waals surface area contributed by atoms with Crippen LogP contribution in [0.25, 0.3) is 0 Å². The van der Waals surface area contributed by atoms with E-state index in [4.69, 9.17) is 4.18 Å². The second-order valence-corrected chi connectivity index (χ2v) is 4.94. The zero-order valence-electron chi connectivity index (χ0n) is 6.91. The van der Waals surface area contributed by atoms with Gasteiger partial charge in [-0.05, 0) is 25.2 Å². The van der Waals surface area contributed by atoms with Gasteiger partial charge in [-0.3, -0.25) is 4.18 Å². The molecule has 0 saturated heterocycles. The van der Waals surface area contributed by atoms with Gasteiger partial charge in [-0.25, -0.2) is 0 Å². The summed E-state index contributed by atoms with van der Waals surface area (Å²) < 4.78 is 26.2. The zero-order valence-corrected chi connectivity index (χ0v) is 7.73. The molecule has 2 atom stereocenters. The second-order valence-electron chi connectivity index (χ2n) is 3.34. The molecule has 0 N–H and O–H groups in total. The lowest BCUT2D eigenvalue weighted by molar-refractivity contribution is 0.215. The first-order valence-corrected chi connectivity index (χ1v) is 5.67. The Kier molecular flexibility index (Phi) is 2.54. The van der Waals surface area contributed by atoms with Crippen molar-refractivity contribution in [1.29, 1.82) is 0 Å². The van der Waals surface area contributed by atoms with Gasteiger partial charge < -0.3 is 0 Å². The summed E-state index contributed by atoms with van der Waals surface area (Å²) >= 11 is 0. The summed E-state index contributed by atoms with van der Waals surface area (Å²) in [7, 11) is -3.23. The van der Waals surface area contributed by atoms with Crippen LogP contribution in [-0.4, -0.2) is 20.8 Å². The Hall–Kier alpha value is -0.0900. The molecule has 0 unspecified atom stereocenters. The molecule has 0 heterocycles. The van der Waals surface area contributed by atoms with Gasteiger partial charge in [0, 0.05) is 0 Å². The van der Waals surface area contributed by atoms with Crippen LogP contribution in [0, 0.1) is 5.92 Å². The highest BCUT2D eigenvalue weighted by Crippen LogP contribution is 2.27. The van der Waals surface area contributed by atoms with Gasteiger partial charge in [-0.15, -0.1) is 0 Å². The standard InChI is InChI=1S/C7H14O3S/c1-6-3-4-7(5-6)10-11(2,8)9/h6-7H,3-5H2,1-2H3/t6-,7-/m1/s1. The molecule has 1 aliphatic carbocycles. The van der Waals surface area contributed by atoms with E-state index in [1.54, 1.807) is 0 Å². The number of hydrogen-bond acceptors (Lipinski definition) is 3. The summed E-state index contributed by atoms with van der Waals surface area (Å²) in [6.07, 6.45) is 3.90. The van der Waals surface area contributed by atoms with E-state index in [1.165, 1.54) is 0 Å². The average molecular weight is 178 g/mol. The molecule has 0 aliphatic heterocycles. The van der Waals surface area contributed by atoms with E-state index in [1.807, 2.05) is 0 Å². The minimum atomic E-state index is -3.23. The van der Waals surface area contributed by atoms with Crippen molar-refractivity contribution in [2.24, 2.45) is 5.92 Å². The van der Waals surface area contributed by atoms with E-state index in [2.05, 4.69) is 6.92 Å². The summed E-state index contributed by atoms with van der Waals surface area (Å²) in [6, 6.07) is 0. The predicted molar refractivity (Wildman–Crippen MR) is 42.7 cm³/mol.